The Morgan fingerprint density at radius 3 is 3.05 bits per heavy atom. The Morgan fingerprint density at radius 1 is 1.55 bits per heavy atom. The van der Waals surface area contributed by atoms with Crippen LogP contribution < -0.4 is 10.2 Å². The minimum atomic E-state index is -0.209. The van der Waals surface area contributed by atoms with Crippen LogP contribution in [0, 0.1) is 5.82 Å². The summed E-state index contributed by atoms with van der Waals surface area (Å²) >= 11 is 0. The standard InChI is InChI=1S/C15H23FN2O2/c1-3-17-11(2)15-13(16)5-4-6-14(15)18-7-8-20-10-12(18)9-19/h4-6,11-12,17,19H,3,7-10H2,1-2H3. The van der Waals surface area contributed by atoms with Crippen molar-refractivity contribution in [1.82, 2.24) is 5.32 Å². The zero-order valence-corrected chi connectivity index (χ0v) is 12.1. The molecule has 2 unspecified atom stereocenters. The van der Waals surface area contributed by atoms with Gasteiger partial charge in [-0.1, -0.05) is 13.0 Å². The van der Waals surface area contributed by atoms with E-state index in [-0.39, 0.29) is 24.5 Å². The summed E-state index contributed by atoms with van der Waals surface area (Å²) in [5.74, 6) is -0.209. The van der Waals surface area contributed by atoms with Crippen molar-refractivity contribution >= 4 is 5.69 Å². The van der Waals surface area contributed by atoms with Gasteiger partial charge in [-0.3, -0.25) is 0 Å². The molecular formula is C15H23FN2O2. The largest absolute Gasteiger partial charge is 0.394 e. The van der Waals surface area contributed by atoms with Crippen LogP contribution in [0.5, 0.6) is 0 Å². The highest BCUT2D eigenvalue weighted by molar-refractivity contribution is 5.56. The van der Waals surface area contributed by atoms with Crippen LogP contribution in [0.2, 0.25) is 0 Å². The highest BCUT2D eigenvalue weighted by atomic mass is 19.1. The molecule has 1 aliphatic rings. The van der Waals surface area contributed by atoms with E-state index in [1.807, 2.05) is 19.9 Å². The lowest BCUT2D eigenvalue weighted by atomic mass is 10.0. The Labute approximate surface area is 119 Å². The summed E-state index contributed by atoms with van der Waals surface area (Å²) in [5, 5.41) is 12.7. The lowest BCUT2D eigenvalue weighted by Crippen LogP contribution is -2.48. The summed E-state index contributed by atoms with van der Waals surface area (Å²) in [6.45, 7) is 6.49. The van der Waals surface area contributed by atoms with Gasteiger partial charge in [0.1, 0.15) is 5.82 Å². The molecule has 0 aliphatic carbocycles. The number of nitrogens with one attached hydrogen (secondary N) is 1. The van der Waals surface area contributed by atoms with Crippen LogP contribution in [0.25, 0.3) is 0 Å². The lowest BCUT2D eigenvalue weighted by molar-refractivity contribution is 0.0725. The topological polar surface area (TPSA) is 44.7 Å². The van der Waals surface area contributed by atoms with E-state index in [0.29, 0.717) is 25.3 Å². The van der Waals surface area contributed by atoms with Crippen LogP contribution in [-0.4, -0.2) is 44.1 Å². The van der Waals surface area contributed by atoms with Crippen LogP contribution in [0.3, 0.4) is 0 Å². The molecule has 112 valence electrons. The normalized spacial score (nSPS) is 21.0. The molecule has 1 heterocycles. The van der Waals surface area contributed by atoms with Crippen molar-refractivity contribution in [2.45, 2.75) is 25.9 Å². The Balaban J connectivity index is 2.36. The molecular weight excluding hydrogens is 259 g/mol. The number of benzene rings is 1. The number of nitrogens with zero attached hydrogens (tertiary/aromatic N) is 1. The third-order valence-corrected chi connectivity index (χ3v) is 3.72. The molecule has 2 rings (SSSR count). The molecule has 0 spiro atoms. The fourth-order valence-electron chi connectivity index (χ4n) is 2.74. The maximum Gasteiger partial charge on any atom is 0.130 e. The van der Waals surface area contributed by atoms with Crippen LogP contribution >= 0.6 is 0 Å². The van der Waals surface area contributed by atoms with Gasteiger partial charge < -0.3 is 20.1 Å². The zero-order valence-electron chi connectivity index (χ0n) is 12.1. The third kappa shape index (κ3) is 3.11. The number of ether oxygens (including phenoxy) is 1. The quantitative estimate of drug-likeness (QED) is 0.863. The molecule has 1 fully saturated rings. The number of rotatable bonds is 5. The molecule has 0 bridgehead atoms. The number of anilines is 1. The summed E-state index contributed by atoms with van der Waals surface area (Å²) in [5.41, 5.74) is 1.51. The van der Waals surface area contributed by atoms with Crippen molar-refractivity contribution in [1.29, 1.82) is 0 Å². The van der Waals surface area contributed by atoms with Gasteiger partial charge in [-0.15, -0.1) is 0 Å². The molecule has 1 aromatic carbocycles. The molecule has 2 N–H and O–H groups in total. The van der Waals surface area contributed by atoms with Crippen LogP contribution in [0.1, 0.15) is 25.5 Å². The maximum absolute atomic E-state index is 14.2. The van der Waals surface area contributed by atoms with Crippen molar-refractivity contribution in [3.8, 4) is 0 Å². The number of hydrogen-bond donors (Lipinski definition) is 2. The van der Waals surface area contributed by atoms with E-state index < -0.39 is 0 Å². The smallest absolute Gasteiger partial charge is 0.130 e. The van der Waals surface area contributed by atoms with E-state index in [1.54, 1.807) is 6.07 Å². The van der Waals surface area contributed by atoms with Gasteiger partial charge in [-0.2, -0.15) is 0 Å². The van der Waals surface area contributed by atoms with Gasteiger partial charge in [-0.25, -0.2) is 4.39 Å². The maximum atomic E-state index is 14.2. The molecule has 1 aliphatic heterocycles. The fourth-order valence-corrected chi connectivity index (χ4v) is 2.74. The van der Waals surface area contributed by atoms with Gasteiger partial charge in [0.15, 0.2) is 0 Å². The molecule has 1 aromatic rings. The summed E-state index contributed by atoms with van der Waals surface area (Å²) in [6.07, 6.45) is 0. The highest BCUT2D eigenvalue weighted by Crippen LogP contribution is 2.31. The first kappa shape index (κ1) is 15.2. The van der Waals surface area contributed by atoms with Crippen LogP contribution in [0.15, 0.2) is 18.2 Å². The molecule has 0 radical (unpaired) electrons. The third-order valence-electron chi connectivity index (χ3n) is 3.72. The Hall–Kier alpha value is -1.17. The minimum absolute atomic E-state index is 0.00550. The Bertz CT molecular complexity index is 442. The van der Waals surface area contributed by atoms with Gasteiger partial charge in [0, 0.05) is 23.8 Å². The molecule has 20 heavy (non-hydrogen) atoms. The van der Waals surface area contributed by atoms with E-state index in [2.05, 4.69) is 10.2 Å². The number of hydrogen-bond acceptors (Lipinski definition) is 4. The van der Waals surface area contributed by atoms with Gasteiger partial charge in [0.25, 0.3) is 0 Å². The summed E-state index contributed by atoms with van der Waals surface area (Å²) in [6, 6.07) is 4.94. The molecule has 0 aromatic heterocycles. The van der Waals surface area contributed by atoms with Crippen molar-refractivity contribution in [2.24, 2.45) is 0 Å². The number of halogens is 1. The fraction of sp³-hybridized carbons (Fsp3) is 0.600. The van der Waals surface area contributed by atoms with E-state index >= 15 is 0 Å². The first-order valence-electron chi connectivity index (χ1n) is 7.16. The zero-order chi connectivity index (χ0) is 14.5. The number of aliphatic hydroxyl groups excluding tert-OH is 1. The van der Waals surface area contributed by atoms with E-state index in [9.17, 15) is 9.50 Å². The first-order chi connectivity index (χ1) is 9.69. The second-order valence-corrected chi connectivity index (χ2v) is 5.06. The average molecular weight is 282 g/mol. The van der Waals surface area contributed by atoms with Crippen LogP contribution in [0.4, 0.5) is 10.1 Å². The van der Waals surface area contributed by atoms with Crippen molar-refractivity contribution in [3.05, 3.63) is 29.6 Å². The second kappa shape index (κ2) is 7.02. The molecule has 0 amide bonds. The Morgan fingerprint density at radius 2 is 2.35 bits per heavy atom. The van der Waals surface area contributed by atoms with Gasteiger partial charge in [0.05, 0.1) is 25.9 Å². The SMILES string of the molecule is CCNC(C)c1c(F)cccc1N1CCOCC1CO. The molecule has 5 heteroatoms. The average Bonchev–Trinajstić information content (AvgIpc) is 2.47. The van der Waals surface area contributed by atoms with E-state index in [1.165, 1.54) is 6.07 Å². The lowest BCUT2D eigenvalue weighted by Gasteiger charge is -2.38. The van der Waals surface area contributed by atoms with Crippen molar-refractivity contribution in [2.75, 3.05) is 37.8 Å². The van der Waals surface area contributed by atoms with Crippen LogP contribution in [-0.2, 0) is 4.74 Å². The molecule has 1 saturated heterocycles. The molecule has 0 saturated carbocycles. The highest BCUT2D eigenvalue weighted by Gasteiger charge is 2.27. The van der Waals surface area contributed by atoms with Gasteiger partial charge in [-0.05, 0) is 25.6 Å². The summed E-state index contributed by atoms with van der Waals surface area (Å²) in [7, 11) is 0. The van der Waals surface area contributed by atoms with E-state index in [0.717, 1.165) is 12.2 Å². The minimum Gasteiger partial charge on any atom is -0.394 e. The van der Waals surface area contributed by atoms with Gasteiger partial charge >= 0.3 is 0 Å². The second-order valence-electron chi connectivity index (χ2n) is 5.06. The predicted molar refractivity (Wildman–Crippen MR) is 77.5 cm³/mol. The summed E-state index contributed by atoms with van der Waals surface area (Å²) in [4.78, 5) is 2.05. The monoisotopic (exact) mass is 282 g/mol. The molecule has 2 atom stereocenters. The van der Waals surface area contributed by atoms with E-state index in [4.69, 9.17) is 4.74 Å². The number of aliphatic hydroxyl groups is 1. The van der Waals surface area contributed by atoms with Crippen molar-refractivity contribution < 1.29 is 14.2 Å². The van der Waals surface area contributed by atoms with Crippen molar-refractivity contribution in [3.63, 3.8) is 0 Å². The first-order valence-corrected chi connectivity index (χ1v) is 7.16. The Kier molecular flexibility index (Phi) is 5.34. The van der Waals surface area contributed by atoms with Gasteiger partial charge in [0.2, 0.25) is 0 Å². The number of morpholine rings is 1. The summed E-state index contributed by atoms with van der Waals surface area (Å²) < 4.78 is 19.6. The molecule has 4 nitrogen and oxygen atoms in total. The predicted octanol–water partition coefficient (Wildman–Crippen LogP) is 1.69.